The number of rotatable bonds is 4. The fourth-order valence-electron chi connectivity index (χ4n) is 1.21. The molecule has 1 nitrogen and oxygen atoms in total. The number of thioether (sulfide) groups is 1. The Morgan fingerprint density at radius 1 is 1.43 bits per heavy atom. The minimum Gasteiger partial charge on any atom is -0.380 e. The van der Waals surface area contributed by atoms with E-state index in [0.29, 0.717) is 5.69 Å². The highest BCUT2D eigenvalue weighted by Gasteiger charge is 2.08. The van der Waals surface area contributed by atoms with Crippen LogP contribution < -0.4 is 5.32 Å². The zero-order chi connectivity index (χ0) is 10.6. The van der Waals surface area contributed by atoms with Gasteiger partial charge in [0.05, 0.1) is 5.69 Å². The molecule has 0 atom stereocenters. The number of para-hydroxylation sites is 1. The third-order valence-corrected chi connectivity index (χ3v) is 2.65. The highest BCUT2D eigenvalue weighted by atomic mass is 32.2. The van der Waals surface area contributed by atoms with Crippen molar-refractivity contribution < 1.29 is 4.39 Å². The topological polar surface area (TPSA) is 12.0 Å². The Hall–Kier alpha value is -0.700. The molecule has 0 radical (unpaired) electrons. The number of hydrogen-bond acceptors (Lipinski definition) is 2. The molecule has 0 bridgehead atoms. The maximum absolute atomic E-state index is 13.5. The molecule has 1 aromatic rings. The molecule has 0 unspecified atom stereocenters. The Balaban J connectivity index is 2.96. The summed E-state index contributed by atoms with van der Waals surface area (Å²) in [5.74, 6) is 0.785. The lowest BCUT2D eigenvalue weighted by molar-refractivity contribution is 0.624. The molecule has 0 saturated carbocycles. The molecule has 14 heavy (non-hydrogen) atoms. The molecule has 0 aliphatic carbocycles. The lowest BCUT2D eigenvalue weighted by Gasteiger charge is -2.14. The number of anilines is 1. The van der Waals surface area contributed by atoms with Crippen molar-refractivity contribution in [1.82, 2.24) is 0 Å². The molecule has 0 aliphatic heterocycles. The molecule has 1 aromatic carbocycles. The van der Waals surface area contributed by atoms with Crippen LogP contribution in [0.25, 0.3) is 0 Å². The van der Waals surface area contributed by atoms with Gasteiger partial charge in [-0.15, -0.1) is 11.8 Å². The molecular weight excluding hydrogens is 197 g/mol. The number of hydrogen-bond donors (Lipinski definition) is 1. The van der Waals surface area contributed by atoms with Gasteiger partial charge in [-0.2, -0.15) is 0 Å². The second kappa shape index (κ2) is 5.25. The second-order valence-corrected chi connectivity index (χ2v) is 4.65. The molecule has 1 N–H and O–H groups in total. The highest BCUT2D eigenvalue weighted by molar-refractivity contribution is 7.99. The smallest absolute Gasteiger partial charge is 0.147 e. The Morgan fingerprint density at radius 3 is 2.71 bits per heavy atom. The van der Waals surface area contributed by atoms with E-state index in [2.05, 4.69) is 12.2 Å². The average Bonchev–Trinajstić information content (AvgIpc) is 2.11. The fourth-order valence-corrected chi connectivity index (χ4v) is 2.00. The summed E-state index contributed by atoms with van der Waals surface area (Å²) >= 11 is 1.66. The molecule has 0 aromatic heterocycles. The van der Waals surface area contributed by atoms with Gasteiger partial charge in [-0.3, -0.25) is 0 Å². The Kier molecular flexibility index (Phi) is 4.26. The van der Waals surface area contributed by atoms with Crippen LogP contribution in [0.5, 0.6) is 0 Å². The third-order valence-electron chi connectivity index (χ3n) is 1.71. The summed E-state index contributed by atoms with van der Waals surface area (Å²) in [6.45, 7) is 6.08. The van der Waals surface area contributed by atoms with Crippen LogP contribution >= 0.6 is 11.8 Å². The summed E-state index contributed by atoms with van der Waals surface area (Å²) in [6.07, 6.45) is 0. The third kappa shape index (κ3) is 2.91. The van der Waals surface area contributed by atoms with E-state index in [1.54, 1.807) is 17.8 Å². The highest BCUT2D eigenvalue weighted by Crippen LogP contribution is 2.29. The SMILES string of the molecule is CCSc1cccc(F)c1NC(C)C. The van der Waals surface area contributed by atoms with E-state index in [-0.39, 0.29) is 11.9 Å². The molecule has 78 valence electrons. The molecule has 0 aliphatic rings. The van der Waals surface area contributed by atoms with Crippen molar-refractivity contribution >= 4 is 17.4 Å². The maximum Gasteiger partial charge on any atom is 0.147 e. The summed E-state index contributed by atoms with van der Waals surface area (Å²) < 4.78 is 13.5. The molecule has 3 heteroatoms. The molecule has 0 fully saturated rings. The van der Waals surface area contributed by atoms with Crippen molar-refractivity contribution in [3.8, 4) is 0 Å². The van der Waals surface area contributed by atoms with Crippen molar-refractivity contribution in [3.63, 3.8) is 0 Å². The summed E-state index contributed by atoms with van der Waals surface area (Å²) in [4.78, 5) is 0.987. The van der Waals surface area contributed by atoms with E-state index in [1.165, 1.54) is 6.07 Å². The first kappa shape index (κ1) is 11.4. The molecule has 0 amide bonds. The van der Waals surface area contributed by atoms with E-state index < -0.39 is 0 Å². The standard InChI is InChI=1S/C11H16FNS/c1-4-14-10-7-5-6-9(12)11(10)13-8(2)3/h5-8,13H,4H2,1-3H3. The van der Waals surface area contributed by atoms with E-state index in [1.807, 2.05) is 19.9 Å². The molecular formula is C11H16FNS. The van der Waals surface area contributed by atoms with Gasteiger partial charge in [0.25, 0.3) is 0 Å². The van der Waals surface area contributed by atoms with Gasteiger partial charge in [-0.05, 0) is 31.7 Å². The zero-order valence-corrected chi connectivity index (χ0v) is 9.62. The number of nitrogens with one attached hydrogen (secondary N) is 1. The van der Waals surface area contributed by atoms with Gasteiger partial charge < -0.3 is 5.32 Å². The zero-order valence-electron chi connectivity index (χ0n) is 8.80. The predicted molar refractivity (Wildman–Crippen MR) is 61.6 cm³/mol. The summed E-state index contributed by atoms with van der Waals surface area (Å²) in [5, 5.41) is 3.13. The minimum atomic E-state index is -0.169. The van der Waals surface area contributed by atoms with Gasteiger partial charge in [-0.1, -0.05) is 13.0 Å². The van der Waals surface area contributed by atoms with Crippen LogP contribution in [-0.2, 0) is 0 Å². The van der Waals surface area contributed by atoms with Crippen molar-refractivity contribution in [2.45, 2.75) is 31.7 Å². The van der Waals surface area contributed by atoms with Gasteiger partial charge in [0, 0.05) is 10.9 Å². The van der Waals surface area contributed by atoms with Crippen LogP contribution in [0.1, 0.15) is 20.8 Å². The van der Waals surface area contributed by atoms with E-state index >= 15 is 0 Å². The van der Waals surface area contributed by atoms with E-state index in [0.717, 1.165) is 10.6 Å². The largest absolute Gasteiger partial charge is 0.380 e. The van der Waals surface area contributed by atoms with Crippen LogP contribution in [0.4, 0.5) is 10.1 Å². The van der Waals surface area contributed by atoms with Crippen LogP contribution in [0.2, 0.25) is 0 Å². The lowest BCUT2D eigenvalue weighted by Crippen LogP contribution is -2.11. The molecule has 0 heterocycles. The van der Waals surface area contributed by atoms with Crippen molar-refractivity contribution in [2.75, 3.05) is 11.1 Å². The van der Waals surface area contributed by atoms with Crippen LogP contribution in [0, 0.1) is 5.82 Å². The maximum atomic E-state index is 13.5. The van der Waals surface area contributed by atoms with Gasteiger partial charge >= 0.3 is 0 Å². The molecule has 0 spiro atoms. The van der Waals surface area contributed by atoms with E-state index in [4.69, 9.17) is 0 Å². The predicted octanol–water partition coefficient (Wildman–Crippen LogP) is 3.76. The summed E-state index contributed by atoms with van der Waals surface area (Å²) in [5.41, 5.74) is 0.634. The van der Waals surface area contributed by atoms with Gasteiger partial charge in [-0.25, -0.2) is 4.39 Å². The summed E-state index contributed by atoms with van der Waals surface area (Å²) in [7, 11) is 0. The van der Waals surface area contributed by atoms with Gasteiger partial charge in [0.2, 0.25) is 0 Å². The fraction of sp³-hybridized carbons (Fsp3) is 0.455. The lowest BCUT2D eigenvalue weighted by atomic mass is 10.2. The van der Waals surface area contributed by atoms with Crippen LogP contribution in [0.15, 0.2) is 23.1 Å². The molecule has 1 rings (SSSR count). The van der Waals surface area contributed by atoms with Crippen molar-refractivity contribution in [1.29, 1.82) is 0 Å². The van der Waals surface area contributed by atoms with Crippen LogP contribution in [-0.4, -0.2) is 11.8 Å². The summed E-state index contributed by atoms with van der Waals surface area (Å²) in [6, 6.07) is 5.44. The Bertz CT molecular complexity index is 299. The number of halogens is 1. The van der Waals surface area contributed by atoms with Gasteiger partial charge in [0.1, 0.15) is 5.82 Å². The van der Waals surface area contributed by atoms with Gasteiger partial charge in [0.15, 0.2) is 0 Å². The monoisotopic (exact) mass is 213 g/mol. The quantitative estimate of drug-likeness (QED) is 0.764. The van der Waals surface area contributed by atoms with Crippen molar-refractivity contribution in [2.24, 2.45) is 0 Å². The average molecular weight is 213 g/mol. The Labute approximate surface area is 89.1 Å². The normalized spacial score (nSPS) is 10.6. The minimum absolute atomic E-state index is 0.169. The van der Waals surface area contributed by atoms with Crippen LogP contribution in [0.3, 0.4) is 0 Å². The first-order valence-electron chi connectivity index (χ1n) is 4.83. The number of benzene rings is 1. The first-order valence-corrected chi connectivity index (χ1v) is 5.81. The Morgan fingerprint density at radius 2 is 2.14 bits per heavy atom. The van der Waals surface area contributed by atoms with E-state index in [9.17, 15) is 4.39 Å². The van der Waals surface area contributed by atoms with Crippen molar-refractivity contribution in [3.05, 3.63) is 24.0 Å². The first-order chi connectivity index (χ1) is 6.65. The molecule has 0 saturated heterocycles. The second-order valence-electron chi connectivity index (χ2n) is 3.35.